The molecule has 2 aromatic carbocycles. The molecular formula is C19H22FNO7S. The molecule has 0 bridgehead atoms. The average molecular weight is 427 g/mol. The van der Waals surface area contributed by atoms with E-state index in [0.29, 0.717) is 5.75 Å². The van der Waals surface area contributed by atoms with Crippen LogP contribution in [-0.4, -0.2) is 39.3 Å². The maximum atomic E-state index is 14.4. The molecule has 0 fully saturated rings. The molecule has 0 aliphatic carbocycles. The van der Waals surface area contributed by atoms with Crippen LogP contribution >= 0.6 is 0 Å². The molecule has 0 aliphatic heterocycles. The van der Waals surface area contributed by atoms with Crippen LogP contribution < -0.4 is 18.9 Å². The normalized spacial score (nSPS) is 11.7. The first kappa shape index (κ1) is 22.3. The molecule has 0 unspecified atom stereocenters. The van der Waals surface area contributed by atoms with E-state index in [1.54, 1.807) is 20.8 Å². The number of halogens is 1. The Morgan fingerprint density at radius 3 is 2.17 bits per heavy atom. The van der Waals surface area contributed by atoms with E-state index >= 15 is 0 Å². The summed E-state index contributed by atoms with van der Waals surface area (Å²) in [5.41, 5.74) is -1.68. The van der Waals surface area contributed by atoms with Crippen molar-refractivity contribution in [3.8, 4) is 17.2 Å². The number of sulfonamides is 1. The fourth-order valence-corrected chi connectivity index (χ4v) is 3.50. The minimum atomic E-state index is -4.25. The Morgan fingerprint density at radius 2 is 1.66 bits per heavy atom. The molecule has 0 amide bonds. The Balaban J connectivity index is 2.49. The summed E-state index contributed by atoms with van der Waals surface area (Å²) in [6, 6.07) is 5.54. The molecule has 2 rings (SSSR count). The molecule has 0 aliphatic rings. The first-order valence-electron chi connectivity index (χ1n) is 8.38. The molecule has 0 heterocycles. The third-order valence-electron chi connectivity index (χ3n) is 3.63. The van der Waals surface area contributed by atoms with Gasteiger partial charge in [-0.15, -0.1) is 0 Å². The lowest BCUT2D eigenvalue weighted by Crippen LogP contribution is -2.24. The summed E-state index contributed by atoms with van der Waals surface area (Å²) >= 11 is 0. The zero-order chi connectivity index (χ0) is 22.0. The van der Waals surface area contributed by atoms with Crippen LogP contribution in [0.15, 0.2) is 35.2 Å². The monoisotopic (exact) mass is 427 g/mol. The van der Waals surface area contributed by atoms with Gasteiger partial charge in [-0.05, 0) is 39.0 Å². The predicted molar refractivity (Wildman–Crippen MR) is 104 cm³/mol. The summed E-state index contributed by atoms with van der Waals surface area (Å²) in [5.74, 6) is -2.19. The topological polar surface area (TPSA) is 111 Å². The van der Waals surface area contributed by atoms with E-state index in [1.807, 2.05) is 0 Å². The number of carboxylic acid groups (broad SMARTS) is 1. The summed E-state index contributed by atoms with van der Waals surface area (Å²) in [7, 11) is -1.51. The fourth-order valence-electron chi connectivity index (χ4n) is 2.41. The minimum Gasteiger partial charge on any atom is -0.493 e. The van der Waals surface area contributed by atoms with Gasteiger partial charge in [0.25, 0.3) is 10.0 Å². The van der Waals surface area contributed by atoms with E-state index in [4.69, 9.17) is 14.2 Å². The van der Waals surface area contributed by atoms with Gasteiger partial charge in [0.15, 0.2) is 23.1 Å². The second kappa shape index (κ2) is 8.16. The Labute approximate surface area is 168 Å². The molecule has 158 valence electrons. The molecule has 0 saturated carbocycles. The Kier molecular flexibility index (Phi) is 6.27. The van der Waals surface area contributed by atoms with E-state index in [9.17, 15) is 22.7 Å². The predicted octanol–water partition coefficient (Wildman–Crippen LogP) is 3.52. The van der Waals surface area contributed by atoms with Gasteiger partial charge in [-0.1, -0.05) is 0 Å². The largest absolute Gasteiger partial charge is 0.493 e. The van der Waals surface area contributed by atoms with Crippen molar-refractivity contribution in [2.75, 3.05) is 18.9 Å². The van der Waals surface area contributed by atoms with Crippen LogP contribution in [0.25, 0.3) is 0 Å². The lowest BCUT2D eigenvalue weighted by molar-refractivity contribution is 0.0695. The van der Waals surface area contributed by atoms with Gasteiger partial charge in [-0.2, -0.15) is 0 Å². The highest BCUT2D eigenvalue weighted by atomic mass is 32.2. The lowest BCUT2D eigenvalue weighted by Gasteiger charge is -2.22. The molecular weight excluding hydrogens is 405 g/mol. The van der Waals surface area contributed by atoms with Crippen LogP contribution in [0.5, 0.6) is 17.2 Å². The van der Waals surface area contributed by atoms with E-state index in [1.165, 1.54) is 32.4 Å². The summed E-state index contributed by atoms with van der Waals surface area (Å²) in [6.45, 7) is 5.00. The third-order valence-corrected chi connectivity index (χ3v) is 4.99. The number of aromatic carboxylic acids is 1. The van der Waals surface area contributed by atoms with Crippen LogP contribution in [0.4, 0.5) is 10.1 Å². The average Bonchev–Trinajstić information content (AvgIpc) is 2.61. The molecule has 29 heavy (non-hydrogen) atoms. The quantitative estimate of drug-likeness (QED) is 0.695. The summed E-state index contributed by atoms with van der Waals surface area (Å²) in [4.78, 5) is 11.4. The number of carboxylic acids is 1. The number of benzene rings is 2. The molecule has 10 heteroatoms. The third kappa shape index (κ3) is 5.29. The number of carbonyl (C=O) groups is 1. The molecule has 0 spiro atoms. The number of ether oxygens (including phenoxy) is 3. The number of rotatable bonds is 7. The summed E-state index contributed by atoms with van der Waals surface area (Å²) in [6.07, 6.45) is 0. The van der Waals surface area contributed by atoms with Crippen LogP contribution in [0.1, 0.15) is 31.1 Å². The van der Waals surface area contributed by atoms with Gasteiger partial charge < -0.3 is 19.3 Å². The van der Waals surface area contributed by atoms with Crippen molar-refractivity contribution in [2.45, 2.75) is 31.3 Å². The van der Waals surface area contributed by atoms with Gasteiger partial charge in [-0.25, -0.2) is 17.6 Å². The SMILES string of the molecule is COc1ccc(S(=O)(=O)Nc2cc(F)c(OC(C)(C)C)cc2C(=O)O)cc1OC. The maximum Gasteiger partial charge on any atom is 0.337 e. The summed E-state index contributed by atoms with van der Waals surface area (Å²) < 4.78 is 57.5. The Hall–Kier alpha value is -3.01. The highest BCUT2D eigenvalue weighted by molar-refractivity contribution is 7.92. The van der Waals surface area contributed by atoms with Gasteiger partial charge >= 0.3 is 5.97 Å². The fraction of sp³-hybridized carbons (Fsp3) is 0.316. The van der Waals surface area contributed by atoms with Crippen molar-refractivity contribution in [3.63, 3.8) is 0 Å². The zero-order valence-corrected chi connectivity index (χ0v) is 17.4. The first-order chi connectivity index (χ1) is 13.4. The molecule has 8 nitrogen and oxygen atoms in total. The van der Waals surface area contributed by atoms with Crippen molar-refractivity contribution in [1.82, 2.24) is 0 Å². The standard InChI is InChI=1S/C19H22FNO7S/c1-19(2,3)28-16-9-12(18(22)23)14(10-13(16)20)21-29(24,25)11-6-7-15(26-4)17(8-11)27-5/h6-10,21H,1-5H3,(H,22,23). The number of methoxy groups -OCH3 is 2. The second-order valence-corrected chi connectivity index (χ2v) is 8.65. The van der Waals surface area contributed by atoms with Crippen molar-refractivity contribution in [1.29, 1.82) is 0 Å². The smallest absolute Gasteiger partial charge is 0.337 e. The van der Waals surface area contributed by atoms with Crippen molar-refractivity contribution < 1.29 is 36.9 Å². The molecule has 2 aromatic rings. The molecule has 0 saturated heterocycles. The first-order valence-corrected chi connectivity index (χ1v) is 9.87. The van der Waals surface area contributed by atoms with Gasteiger partial charge in [0, 0.05) is 12.1 Å². The van der Waals surface area contributed by atoms with Gasteiger partial charge in [-0.3, -0.25) is 4.72 Å². The van der Waals surface area contributed by atoms with E-state index in [-0.39, 0.29) is 16.4 Å². The van der Waals surface area contributed by atoms with Crippen LogP contribution in [-0.2, 0) is 10.0 Å². The minimum absolute atomic E-state index is 0.161. The molecule has 0 radical (unpaired) electrons. The highest BCUT2D eigenvalue weighted by Crippen LogP contribution is 2.33. The van der Waals surface area contributed by atoms with Gasteiger partial charge in [0.1, 0.15) is 5.60 Å². The van der Waals surface area contributed by atoms with Gasteiger partial charge in [0.2, 0.25) is 0 Å². The van der Waals surface area contributed by atoms with E-state index in [0.717, 1.165) is 12.1 Å². The van der Waals surface area contributed by atoms with Crippen molar-refractivity contribution >= 4 is 21.7 Å². The molecule has 0 aromatic heterocycles. The molecule has 2 N–H and O–H groups in total. The van der Waals surface area contributed by atoms with Crippen LogP contribution in [0, 0.1) is 5.82 Å². The maximum absolute atomic E-state index is 14.4. The van der Waals surface area contributed by atoms with Crippen LogP contribution in [0.3, 0.4) is 0 Å². The van der Waals surface area contributed by atoms with Crippen molar-refractivity contribution in [3.05, 3.63) is 41.7 Å². The number of nitrogens with one attached hydrogen (secondary N) is 1. The number of hydrogen-bond donors (Lipinski definition) is 2. The lowest BCUT2D eigenvalue weighted by atomic mass is 10.1. The Bertz CT molecular complexity index is 1030. The van der Waals surface area contributed by atoms with Crippen LogP contribution in [0.2, 0.25) is 0 Å². The number of anilines is 1. The van der Waals surface area contributed by atoms with E-state index < -0.39 is 38.7 Å². The number of hydrogen-bond acceptors (Lipinski definition) is 6. The van der Waals surface area contributed by atoms with E-state index in [2.05, 4.69) is 4.72 Å². The van der Waals surface area contributed by atoms with Gasteiger partial charge in [0.05, 0.1) is 30.4 Å². The summed E-state index contributed by atoms with van der Waals surface area (Å²) in [5, 5.41) is 9.45. The highest BCUT2D eigenvalue weighted by Gasteiger charge is 2.24. The zero-order valence-electron chi connectivity index (χ0n) is 16.6. The van der Waals surface area contributed by atoms with Crippen molar-refractivity contribution in [2.24, 2.45) is 0 Å². The molecule has 0 atom stereocenters. The Morgan fingerprint density at radius 1 is 1.03 bits per heavy atom. The second-order valence-electron chi connectivity index (χ2n) is 6.97.